The van der Waals surface area contributed by atoms with Crippen LogP contribution >= 0.6 is 0 Å². The molecular weight excluding hydrogens is 474 g/mol. The second-order valence-corrected chi connectivity index (χ2v) is 7.76. The van der Waals surface area contributed by atoms with E-state index in [-0.39, 0.29) is 35.4 Å². The number of ether oxygens (including phenoxy) is 1. The smallest absolute Gasteiger partial charge is 0.355 e. The van der Waals surface area contributed by atoms with Crippen LogP contribution < -0.4 is 16.2 Å². The van der Waals surface area contributed by atoms with E-state index in [0.717, 1.165) is 12.4 Å². The fourth-order valence-electron chi connectivity index (χ4n) is 2.84. The third kappa shape index (κ3) is 6.47. The molecule has 0 unspecified atom stereocenters. The van der Waals surface area contributed by atoms with Gasteiger partial charge in [-0.2, -0.15) is 0 Å². The summed E-state index contributed by atoms with van der Waals surface area (Å²) in [6, 6.07) is 11.0. The molecular formula is C22H21N7O7. The minimum absolute atomic E-state index is 0.0428. The maximum absolute atomic E-state index is 12.4. The number of esters is 1. The number of carbonyl (C=O) groups excluding carboxylic acids is 2. The summed E-state index contributed by atoms with van der Waals surface area (Å²) in [6.07, 6.45) is 1.04. The van der Waals surface area contributed by atoms with Crippen molar-refractivity contribution in [1.82, 2.24) is 15.4 Å². The Morgan fingerprint density at radius 3 is 2.31 bits per heavy atom. The van der Waals surface area contributed by atoms with Gasteiger partial charge in [-0.25, -0.2) is 14.8 Å². The Kier molecular flexibility index (Phi) is 8.02. The number of non-ortho nitro benzene ring substituents is 1. The van der Waals surface area contributed by atoms with Crippen LogP contribution in [0.4, 0.5) is 28.7 Å². The highest BCUT2D eigenvalue weighted by Gasteiger charge is 2.24. The predicted octanol–water partition coefficient (Wildman–Crippen LogP) is 3.61. The van der Waals surface area contributed by atoms with Gasteiger partial charge in [0.25, 0.3) is 11.6 Å². The molecule has 0 bridgehead atoms. The van der Waals surface area contributed by atoms with Crippen molar-refractivity contribution in [2.45, 2.75) is 13.8 Å². The minimum Gasteiger partial charge on any atom is -0.462 e. The molecule has 36 heavy (non-hydrogen) atoms. The van der Waals surface area contributed by atoms with E-state index in [1.54, 1.807) is 0 Å². The summed E-state index contributed by atoms with van der Waals surface area (Å²) in [5, 5.41) is 25.4. The zero-order valence-electron chi connectivity index (χ0n) is 19.1. The number of nitro groups is 2. The van der Waals surface area contributed by atoms with Crippen LogP contribution in [0.2, 0.25) is 0 Å². The molecule has 0 aliphatic rings. The van der Waals surface area contributed by atoms with E-state index in [2.05, 4.69) is 26.1 Å². The van der Waals surface area contributed by atoms with E-state index >= 15 is 0 Å². The summed E-state index contributed by atoms with van der Waals surface area (Å²) in [6.45, 7) is 4.11. The van der Waals surface area contributed by atoms with Gasteiger partial charge in [0.2, 0.25) is 11.6 Å². The molecule has 0 fully saturated rings. The Morgan fingerprint density at radius 2 is 1.67 bits per heavy atom. The predicted molar refractivity (Wildman–Crippen MR) is 128 cm³/mol. The zero-order chi connectivity index (χ0) is 26.2. The van der Waals surface area contributed by atoms with Gasteiger partial charge < -0.3 is 10.1 Å². The lowest BCUT2D eigenvalue weighted by atomic mass is 10.2. The lowest BCUT2D eigenvalue weighted by Crippen LogP contribution is -2.30. The molecule has 0 spiro atoms. The van der Waals surface area contributed by atoms with Crippen LogP contribution in [0.5, 0.6) is 0 Å². The molecule has 14 heteroatoms. The molecule has 0 saturated heterocycles. The molecule has 186 valence electrons. The number of hydrogen-bond donors (Lipinski definition) is 3. The average Bonchev–Trinajstić information content (AvgIpc) is 2.86. The van der Waals surface area contributed by atoms with Crippen molar-refractivity contribution in [2.24, 2.45) is 5.92 Å². The maximum atomic E-state index is 12.4. The number of anilines is 3. The van der Waals surface area contributed by atoms with Crippen molar-refractivity contribution < 1.29 is 24.2 Å². The first kappa shape index (κ1) is 25.5. The first-order chi connectivity index (χ1) is 17.2. The minimum atomic E-state index is -0.777. The first-order valence-electron chi connectivity index (χ1n) is 10.5. The molecule has 1 amide bonds. The zero-order valence-corrected chi connectivity index (χ0v) is 19.1. The number of aromatic nitrogens is 2. The van der Waals surface area contributed by atoms with Gasteiger partial charge in [0, 0.05) is 23.4 Å². The van der Waals surface area contributed by atoms with Crippen molar-refractivity contribution >= 4 is 40.6 Å². The average molecular weight is 495 g/mol. The van der Waals surface area contributed by atoms with Crippen LogP contribution in [0.25, 0.3) is 0 Å². The molecule has 3 rings (SSSR count). The monoisotopic (exact) mass is 495 g/mol. The number of amides is 1. The standard InChI is InChI=1S/C22H21N7O7/c1-13(2)11-36-22(31)14-6-8-16(9-7-14)25-19-18(29(34)35)20(24-12-23-19)26-27-21(30)15-4-3-5-17(10-15)28(32)33/h3-10,12-13H,11H2,1-2H3,(H,27,30)(H2,23,24,25,26). The van der Waals surface area contributed by atoms with Gasteiger partial charge in [0.15, 0.2) is 0 Å². The molecule has 1 aromatic heterocycles. The van der Waals surface area contributed by atoms with Gasteiger partial charge in [-0.1, -0.05) is 19.9 Å². The van der Waals surface area contributed by atoms with Crippen molar-refractivity contribution in [3.63, 3.8) is 0 Å². The second-order valence-electron chi connectivity index (χ2n) is 7.76. The number of nitrogens with zero attached hydrogens (tertiary/aromatic N) is 4. The van der Waals surface area contributed by atoms with Gasteiger partial charge in [0.05, 0.1) is 22.0 Å². The molecule has 0 atom stereocenters. The Labute approximate surface area is 204 Å². The third-order valence-corrected chi connectivity index (χ3v) is 4.55. The van der Waals surface area contributed by atoms with Gasteiger partial charge in [0.1, 0.15) is 6.33 Å². The number of hydrogen-bond acceptors (Lipinski definition) is 11. The fourth-order valence-corrected chi connectivity index (χ4v) is 2.84. The van der Waals surface area contributed by atoms with Crippen molar-refractivity contribution in [2.75, 3.05) is 17.3 Å². The first-order valence-corrected chi connectivity index (χ1v) is 10.5. The van der Waals surface area contributed by atoms with Crippen molar-refractivity contribution in [1.29, 1.82) is 0 Å². The number of nitro benzene ring substituents is 1. The molecule has 14 nitrogen and oxygen atoms in total. The summed E-state index contributed by atoms with van der Waals surface area (Å²) >= 11 is 0. The summed E-state index contributed by atoms with van der Waals surface area (Å²) in [5.74, 6) is -1.59. The molecule has 1 heterocycles. The van der Waals surface area contributed by atoms with E-state index < -0.39 is 27.4 Å². The second kappa shape index (κ2) is 11.3. The van der Waals surface area contributed by atoms with Crippen LogP contribution in [0.3, 0.4) is 0 Å². The molecule has 3 aromatic rings. The van der Waals surface area contributed by atoms with E-state index in [0.29, 0.717) is 11.3 Å². The van der Waals surface area contributed by atoms with Crippen LogP contribution in [-0.4, -0.2) is 38.3 Å². The van der Waals surface area contributed by atoms with E-state index in [4.69, 9.17) is 4.74 Å². The number of hydrazine groups is 1. The largest absolute Gasteiger partial charge is 0.462 e. The SMILES string of the molecule is CC(C)COC(=O)c1ccc(Nc2ncnc(NNC(=O)c3cccc([N+](=O)[O-])c3)c2[N+](=O)[O-])cc1. The van der Waals surface area contributed by atoms with Crippen LogP contribution in [-0.2, 0) is 4.74 Å². The van der Waals surface area contributed by atoms with Crippen molar-refractivity contribution in [3.8, 4) is 0 Å². The highest BCUT2D eigenvalue weighted by Crippen LogP contribution is 2.31. The molecule has 0 aliphatic carbocycles. The fraction of sp³-hybridized carbons (Fsp3) is 0.182. The number of carbonyl (C=O) groups is 2. The number of rotatable bonds is 10. The van der Waals surface area contributed by atoms with Gasteiger partial charge in [-0.05, 0) is 36.2 Å². The van der Waals surface area contributed by atoms with Crippen molar-refractivity contribution in [3.05, 3.63) is 86.2 Å². The Morgan fingerprint density at radius 1 is 0.972 bits per heavy atom. The topological polar surface area (TPSA) is 192 Å². The Bertz CT molecular complexity index is 1300. The maximum Gasteiger partial charge on any atom is 0.355 e. The summed E-state index contributed by atoms with van der Waals surface area (Å²) < 4.78 is 5.16. The molecule has 2 aromatic carbocycles. The third-order valence-electron chi connectivity index (χ3n) is 4.55. The Balaban J connectivity index is 1.74. The molecule has 0 saturated carbocycles. The van der Waals surface area contributed by atoms with Crippen LogP contribution in [0.1, 0.15) is 34.6 Å². The molecule has 0 aliphatic heterocycles. The van der Waals surface area contributed by atoms with E-state index in [9.17, 15) is 29.8 Å². The highest BCUT2D eigenvalue weighted by molar-refractivity contribution is 5.95. The number of nitrogens with one attached hydrogen (secondary N) is 3. The lowest BCUT2D eigenvalue weighted by molar-refractivity contribution is -0.384. The summed E-state index contributed by atoms with van der Waals surface area (Å²) in [4.78, 5) is 53.3. The van der Waals surface area contributed by atoms with Crippen LogP contribution in [0, 0.1) is 26.1 Å². The summed E-state index contributed by atoms with van der Waals surface area (Å²) in [7, 11) is 0. The quantitative estimate of drug-likeness (QED) is 0.211. The molecule has 0 radical (unpaired) electrons. The Hall–Kier alpha value is -5.14. The van der Waals surface area contributed by atoms with Crippen LogP contribution in [0.15, 0.2) is 54.9 Å². The normalized spacial score (nSPS) is 10.4. The summed E-state index contributed by atoms with van der Waals surface area (Å²) in [5.41, 5.74) is 4.37. The molecule has 3 N–H and O–H groups in total. The van der Waals surface area contributed by atoms with E-state index in [1.807, 2.05) is 13.8 Å². The lowest BCUT2D eigenvalue weighted by Gasteiger charge is -2.11. The van der Waals surface area contributed by atoms with E-state index in [1.165, 1.54) is 42.5 Å². The van der Waals surface area contributed by atoms with Gasteiger partial charge in [-0.15, -0.1) is 0 Å². The highest BCUT2D eigenvalue weighted by atomic mass is 16.6. The number of benzene rings is 2. The van der Waals surface area contributed by atoms with Gasteiger partial charge in [-0.3, -0.25) is 35.9 Å². The van der Waals surface area contributed by atoms with Gasteiger partial charge >= 0.3 is 11.7 Å².